The van der Waals surface area contributed by atoms with Crippen LogP contribution in [0.2, 0.25) is 0 Å². The highest BCUT2D eigenvalue weighted by molar-refractivity contribution is 9.10. The second kappa shape index (κ2) is 6.48. The average Bonchev–Trinajstić information content (AvgIpc) is 2.32. The summed E-state index contributed by atoms with van der Waals surface area (Å²) < 4.78 is 2.14. The number of halogens is 2. The fraction of sp³-hybridized carbons (Fsp3) is 0.385. The number of pyridine rings is 1. The summed E-state index contributed by atoms with van der Waals surface area (Å²) in [5, 5.41) is 0. The predicted molar refractivity (Wildman–Crippen MR) is 82.6 cm³/mol. The van der Waals surface area contributed by atoms with Crippen LogP contribution in [0.15, 0.2) is 33.7 Å². The molecule has 2 aromatic rings. The van der Waals surface area contributed by atoms with Crippen molar-refractivity contribution >= 4 is 38.6 Å². The predicted octanol–water partition coefficient (Wildman–Crippen LogP) is 3.62. The first kappa shape index (κ1) is 15.4. The van der Waals surface area contributed by atoms with Crippen molar-refractivity contribution in [1.82, 2.24) is 9.38 Å². The Morgan fingerprint density at radius 3 is 2.78 bits per heavy atom. The molecule has 0 saturated carbocycles. The second-order valence-corrected chi connectivity index (χ2v) is 5.33. The minimum atomic E-state index is -0.0330. The smallest absolute Gasteiger partial charge is 0.268 e. The van der Waals surface area contributed by atoms with E-state index in [-0.39, 0.29) is 22.5 Å². The van der Waals surface area contributed by atoms with Crippen molar-refractivity contribution in [3.05, 3.63) is 44.9 Å². The van der Waals surface area contributed by atoms with Crippen molar-refractivity contribution in [2.75, 3.05) is 0 Å². The molecule has 0 radical (unpaired) electrons. The van der Waals surface area contributed by atoms with E-state index in [1.807, 2.05) is 18.2 Å². The number of nitrogens with zero attached hydrogens (tertiary/aromatic N) is 2. The lowest BCUT2D eigenvalue weighted by Gasteiger charge is -2.08. The molecule has 0 amide bonds. The molecule has 5 heteroatoms. The van der Waals surface area contributed by atoms with Gasteiger partial charge in [0.05, 0.1) is 5.69 Å². The van der Waals surface area contributed by atoms with Gasteiger partial charge in [0.2, 0.25) is 0 Å². The third kappa shape index (κ3) is 3.20. The Bertz CT molecular complexity index is 593. The molecule has 0 atom stereocenters. The second-order valence-electron chi connectivity index (χ2n) is 4.54. The van der Waals surface area contributed by atoms with Gasteiger partial charge in [-0.1, -0.05) is 19.9 Å². The monoisotopic (exact) mass is 374 g/mol. The number of aromatic nitrogens is 2. The molecule has 0 N–H and O–H groups in total. The minimum absolute atomic E-state index is 0. The van der Waals surface area contributed by atoms with E-state index in [2.05, 4.69) is 34.8 Å². The Balaban J connectivity index is 0.00000162. The van der Waals surface area contributed by atoms with Gasteiger partial charge in [-0.2, -0.15) is 0 Å². The van der Waals surface area contributed by atoms with Crippen molar-refractivity contribution in [3.8, 4) is 0 Å². The highest BCUT2D eigenvalue weighted by atomic mass is 79.9. The molecule has 0 aliphatic rings. The van der Waals surface area contributed by atoms with Crippen LogP contribution in [0.5, 0.6) is 0 Å². The minimum Gasteiger partial charge on any atom is -0.268 e. The zero-order valence-electron chi connectivity index (χ0n) is 10.4. The standard InChI is InChI=1S/C13H15BrN2O.BrH/c1-9(2)6-7-10-12(14)13(17)16-8-4-3-5-11(16)15-10;/h3-5,8-9H,6-7H2,1-2H3;1H. The summed E-state index contributed by atoms with van der Waals surface area (Å²) in [4.78, 5) is 16.6. The molecule has 0 spiro atoms. The summed E-state index contributed by atoms with van der Waals surface area (Å²) in [6.45, 7) is 4.34. The fourth-order valence-corrected chi connectivity index (χ4v) is 2.18. The summed E-state index contributed by atoms with van der Waals surface area (Å²) in [6.07, 6.45) is 3.61. The average molecular weight is 376 g/mol. The molecular weight excluding hydrogens is 360 g/mol. The first-order valence-electron chi connectivity index (χ1n) is 5.75. The summed E-state index contributed by atoms with van der Waals surface area (Å²) in [7, 11) is 0. The van der Waals surface area contributed by atoms with E-state index in [0.29, 0.717) is 16.0 Å². The molecule has 0 fully saturated rings. The molecule has 0 aliphatic carbocycles. The van der Waals surface area contributed by atoms with E-state index in [0.717, 1.165) is 18.5 Å². The lowest BCUT2D eigenvalue weighted by Crippen LogP contribution is -2.18. The topological polar surface area (TPSA) is 34.4 Å². The van der Waals surface area contributed by atoms with Gasteiger partial charge in [-0.25, -0.2) is 4.98 Å². The molecule has 18 heavy (non-hydrogen) atoms. The summed E-state index contributed by atoms with van der Waals surface area (Å²) in [6, 6.07) is 5.57. The lowest BCUT2D eigenvalue weighted by molar-refractivity contribution is 0.580. The molecule has 2 aromatic heterocycles. The van der Waals surface area contributed by atoms with E-state index in [4.69, 9.17) is 0 Å². The number of rotatable bonds is 3. The van der Waals surface area contributed by atoms with Gasteiger partial charge in [-0.3, -0.25) is 9.20 Å². The first-order valence-corrected chi connectivity index (χ1v) is 6.54. The summed E-state index contributed by atoms with van der Waals surface area (Å²) in [5.74, 6) is 0.609. The maximum Gasteiger partial charge on any atom is 0.272 e. The Morgan fingerprint density at radius 2 is 2.11 bits per heavy atom. The molecule has 98 valence electrons. The van der Waals surface area contributed by atoms with Crippen LogP contribution in [0, 0.1) is 5.92 Å². The highest BCUT2D eigenvalue weighted by Crippen LogP contribution is 2.15. The number of hydrogen-bond acceptors (Lipinski definition) is 2. The quantitative estimate of drug-likeness (QED) is 0.820. The normalized spacial score (nSPS) is 10.7. The van der Waals surface area contributed by atoms with E-state index in [1.54, 1.807) is 10.6 Å². The van der Waals surface area contributed by atoms with Crippen LogP contribution in [0.3, 0.4) is 0 Å². The van der Waals surface area contributed by atoms with Crippen LogP contribution < -0.4 is 5.56 Å². The fourth-order valence-electron chi connectivity index (χ4n) is 1.70. The van der Waals surface area contributed by atoms with Gasteiger partial charge in [0.15, 0.2) is 0 Å². The molecule has 0 unspecified atom stereocenters. The zero-order valence-corrected chi connectivity index (χ0v) is 13.7. The van der Waals surface area contributed by atoms with Crippen LogP contribution in [0.4, 0.5) is 0 Å². The van der Waals surface area contributed by atoms with Gasteiger partial charge in [-0.15, -0.1) is 17.0 Å². The van der Waals surface area contributed by atoms with E-state index >= 15 is 0 Å². The molecule has 0 bridgehead atoms. The van der Waals surface area contributed by atoms with Gasteiger partial charge in [0.1, 0.15) is 10.1 Å². The van der Waals surface area contributed by atoms with Gasteiger partial charge >= 0.3 is 0 Å². The van der Waals surface area contributed by atoms with Crippen molar-refractivity contribution in [2.45, 2.75) is 26.7 Å². The maximum absolute atomic E-state index is 12.1. The first-order chi connectivity index (χ1) is 8.09. The van der Waals surface area contributed by atoms with Crippen LogP contribution in [-0.2, 0) is 6.42 Å². The molecule has 0 aromatic carbocycles. The Kier molecular flexibility index (Phi) is 5.53. The lowest BCUT2D eigenvalue weighted by atomic mass is 10.1. The van der Waals surface area contributed by atoms with Crippen molar-refractivity contribution in [2.24, 2.45) is 5.92 Å². The zero-order chi connectivity index (χ0) is 12.4. The number of hydrogen-bond donors (Lipinski definition) is 0. The Morgan fingerprint density at radius 1 is 1.39 bits per heavy atom. The Labute approximate surface area is 125 Å². The van der Waals surface area contributed by atoms with Gasteiger partial charge in [0, 0.05) is 6.20 Å². The number of fused-ring (bicyclic) bond motifs is 1. The molecular formula is C13H16Br2N2O. The highest BCUT2D eigenvalue weighted by Gasteiger charge is 2.10. The van der Waals surface area contributed by atoms with E-state index in [1.165, 1.54) is 0 Å². The number of aryl methyl sites for hydroxylation is 1. The van der Waals surface area contributed by atoms with Crippen LogP contribution >= 0.6 is 32.9 Å². The van der Waals surface area contributed by atoms with Crippen molar-refractivity contribution < 1.29 is 0 Å². The SMILES string of the molecule is Br.CC(C)CCc1nc2ccccn2c(=O)c1Br. The maximum atomic E-state index is 12.1. The van der Waals surface area contributed by atoms with Gasteiger partial charge in [0.25, 0.3) is 5.56 Å². The van der Waals surface area contributed by atoms with Crippen LogP contribution in [0.25, 0.3) is 5.65 Å². The molecule has 2 rings (SSSR count). The van der Waals surface area contributed by atoms with Gasteiger partial charge in [-0.05, 0) is 46.8 Å². The van der Waals surface area contributed by atoms with Crippen molar-refractivity contribution in [1.29, 1.82) is 0 Å². The molecule has 0 aliphatic heterocycles. The van der Waals surface area contributed by atoms with Crippen LogP contribution in [0.1, 0.15) is 26.0 Å². The third-order valence-electron chi connectivity index (χ3n) is 2.71. The molecule has 2 heterocycles. The van der Waals surface area contributed by atoms with Crippen molar-refractivity contribution in [3.63, 3.8) is 0 Å². The largest absolute Gasteiger partial charge is 0.272 e. The van der Waals surface area contributed by atoms with Gasteiger partial charge < -0.3 is 0 Å². The van der Waals surface area contributed by atoms with E-state index in [9.17, 15) is 4.79 Å². The summed E-state index contributed by atoms with van der Waals surface area (Å²) in [5.41, 5.74) is 1.53. The third-order valence-corrected chi connectivity index (χ3v) is 3.50. The van der Waals surface area contributed by atoms with E-state index < -0.39 is 0 Å². The molecule has 0 saturated heterocycles. The summed E-state index contributed by atoms with van der Waals surface area (Å²) >= 11 is 3.36. The molecule has 3 nitrogen and oxygen atoms in total. The Hall–Kier alpha value is -0.680. The van der Waals surface area contributed by atoms with Crippen LogP contribution in [-0.4, -0.2) is 9.38 Å².